The van der Waals surface area contributed by atoms with Gasteiger partial charge in [-0.15, -0.1) is 0 Å². The van der Waals surface area contributed by atoms with E-state index in [-0.39, 0.29) is 0 Å². The molecule has 0 saturated carbocycles. The number of rotatable bonds is 1. The van der Waals surface area contributed by atoms with Gasteiger partial charge in [0, 0.05) is 25.7 Å². The van der Waals surface area contributed by atoms with Crippen molar-refractivity contribution in [2.75, 3.05) is 61.0 Å². The molecule has 0 bridgehead atoms. The molecule has 138 valence electrons. The third-order valence-electron chi connectivity index (χ3n) is 5.50. The highest BCUT2D eigenvalue weighted by Gasteiger charge is 2.37. The molecule has 3 aliphatic rings. The second-order valence-corrected chi connectivity index (χ2v) is 7.44. The van der Waals surface area contributed by atoms with Crippen LogP contribution in [0.4, 0.5) is 0 Å². The van der Waals surface area contributed by atoms with Gasteiger partial charge >= 0.3 is 0 Å². The highest BCUT2D eigenvalue weighted by molar-refractivity contribution is 4.89. The Balaban J connectivity index is 0.000000209. The van der Waals surface area contributed by atoms with E-state index in [4.69, 9.17) is 4.74 Å². The average molecular weight is 328 g/mol. The first-order valence-corrected chi connectivity index (χ1v) is 9.68. The van der Waals surface area contributed by atoms with Crippen molar-refractivity contribution in [1.29, 1.82) is 0 Å². The van der Waals surface area contributed by atoms with Crippen molar-refractivity contribution < 1.29 is 4.74 Å². The molecule has 0 radical (unpaired) electrons. The lowest BCUT2D eigenvalue weighted by atomic mass is 9.89. The van der Waals surface area contributed by atoms with Crippen LogP contribution in [0, 0.1) is 0 Å². The molecule has 0 amide bonds. The van der Waals surface area contributed by atoms with E-state index in [1.807, 2.05) is 13.8 Å². The first-order valence-electron chi connectivity index (χ1n) is 9.68. The van der Waals surface area contributed by atoms with Gasteiger partial charge in [0.2, 0.25) is 0 Å². The normalized spacial score (nSPS) is 25.7. The van der Waals surface area contributed by atoms with E-state index in [9.17, 15) is 0 Å². The van der Waals surface area contributed by atoms with Crippen molar-refractivity contribution in [2.45, 2.75) is 64.0 Å². The molecule has 23 heavy (non-hydrogen) atoms. The summed E-state index contributed by atoms with van der Waals surface area (Å²) in [5.41, 5.74) is 0.312. The van der Waals surface area contributed by atoms with Crippen LogP contribution in [0.2, 0.25) is 0 Å². The molecule has 0 unspecified atom stereocenters. The molecular formula is C19H41N3O. The van der Waals surface area contributed by atoms with Gasteiger partial charge in [-0.25, -0.2) is 0 Å². The molecule has 0 aliphatic carbocycles. The fourth-order valence-corrected chi connectivity index (χ4v) is 3.69. The molecule has 0 aromatic carbocycles. The van der Waals surface area contributed by atoms with Gasteiger partial charge in [0.25, 0.3) is 0 Å². The summed E-state index contributed by atoms with van der Waals surface area (Å²) in [6, 6.07) is 0.830. The van der Waals surface area contributed by atoms with Gasteiger partial charge in [-0.05, 0) is 79.8 Å². The van der Waals surface area contributed by atoms with Crippen LogP contribution < -0.4 is 0 Å². The van der Waals surface area contributed by atoms with Crippen molar-refractivity contribution in [3.05, 3.63) is 0 Å². The van der Waals surface area contributed by atoms with Gasteiger partial charge in [-0.3, -0.25) is 0 Å². The van der Waals surface area contributed by atoms with Crippen LogP contribution in [0.25, 0.3) is 0 Å². The molecule has 4 nitrogen and oxygen atoms in total. The zero-order chi connectivity index (χ0) is 17.3. The average Bonchev–Trinajstić information content (AvgIpc) is 3.02. The Kier molecular flexibility index (Phi) is 9.67. The van der Waals surface area contributed by atoms with Gasteiger partial charge in [-0.2, -0.15) is 0 Å². The number of likely N-dealkylation sites (tertiary alicyclic amines) is 2. The molecule has 0 aromatic heterocycles. The van der Waals surface area contributed by atoms with Crippen LogP contribution >= 0.6 is 0 Å². The molecule has 3 fully saturated rings. The topological polar surface area (TPSA) is 19.0 Å². The second kappa shape index (κ2) is 10.7. The minimum Gasteiger partial charge on any atom is -0.375 e. The van der Waals surface area contributed by atoms with Crippen LogP contribution in [-0.2, 0) is 4.74 Å². The molecule has 0 N–H and O–H groups in total. The maximum absolute atomic E-state index is 5.80. The zero-order valence-corrected chi connectivity index (χ0v) is 16.6. The third-order valence-corrected chi connectivity index (χ3v) is 5.50. The summed E-state index contributed by atoms with van der Waals surface area (Å²) in [5.74, 6) is 0. The molecule has 3 rings (SSSR count). The minimum absolute atomic E-state index is 0.312. The van der Waals surface area contributed by atoms with Crippen molar-refractivity contribution in [3.63, 3.8) is 0 Å². The maximum Gasteiger partial charge on any atom is 0.0707 e. The van der Waals surface area contributed by atoms with Crippen molar-refractivity contribution in [1.82, 2.24) is 14.7 Å². The monoisotopic (exact) mass is 327 g/mol. The first-order chi connectivity index (χ1) is 11.0. The smallest absolute Gasteiger partial charge is 0.0707 e. The number of nitrogens with zero attached hydrogens (tertiary/aromatic N) is 3. The summed E-state index contributed by atoms with van der Waals surface area (Å²) >= 11 is 0. The maximum atomic E-state index is 5.80. The van der Waals surface area contributed by atoms with Crippen LogP contribution in [0.15, 0.2) is 0 Å². The van der Waals surface area contributed by atoms with Gasteiger partial charge in [-0.1, -0.05) is 13.8 Å². The SMILES string of the molecule is CC.CN1CCC(N(C)C)CC1.CN1CCC2(CCCO2)CC1. The van der Waals surface area contributed by atoms with E-state index in [2.05, 4.69) is 42.9 Å². The predicted molar refractivity (Wildman–Crippen MR) is 100 cm³/mol. The number of piperidine rings is 2. The summed E-state index contributed by atoms with van der Waals surface area (Å²) < 4.78 is 5.80. The summed E-state index contributed by atoms with van der Waals surface area (Å²) in [6.07, 6.45) is 7.77. The highest BCUT2D eigenvalue weighted by Crippen LogP contribution is 2.34. The van der Waals surface area contributed by atoms with E-state index >= 15 is 0 Å². The molecule has 3 saturated heterocycles. The molecule has 4 heteroatoms. The van der Waals surface area contributed by atoms with E-state index < -0.39 is 0 Å². The van der Waals surface area contributed by atoms with E-state index in [1.54, 1.807) is 0 Å². The van der Waals surface area contributed by atoms with Crippen molar-refractivity contribution >= 4 is 0 Å². The Morgan fingerprint density at radius 1 is 0.870 bits per heavy atom. The van der Waals surface area contributed by atoms with Crippen molar-refractivity contribution in [2.24, 2.45) is 0 Å². The lowest BCUT2D eigenvalue weighted by Crippen LogP contribution is -2.42. The predicted octanol–water partition coefficient (Wildman–Crippen LogP) is 2.93. The quantitative estimate of drug-likeness (QED) is 0.737. The molecule has 0 aromatic rings. The molecule has 0 atom stereocenters. The number of hydrogen-bond acceptors (Lipinski definition) is 4. The van der Waals surface area contributed by atoms with E-state index in [0.717, 1.165) is 12.6 Å². The van der Waals surface area contributed by atoms with Crippen LogP contribution in [0.5, 0.6) is 0 Å². The fraction of sp³-hybridized carbons (Fsp3) is 1.00. The Morgan fingerprint density at radius 3 is 1.83 bits per heavy atom. The van der Waals surface area contributed by atoms with Crippen molar-refractivity contribution in [3.8, 4) is 0 Å². The Morgan fingerprint density at radius 2 is 1.39 bits per heavy atom. The van der Waals surface area contributed by atoms with E-state index in [1.165, 1.54) is 64.7 Å². The molecular weight excluding hydrogens is 286 g/mol. The standard InChI is InChI=1S/C9H17NO.C8H18N2.C2H6/c1-10-6-4-9(5-7-10)3-2-8-11-9;1-9(2)8-4-6-10(3)7-5-8;1-2/h2-8H2,1H3;8H,4-7H2,1-3H3;1-2H3. The van der Waals surface area contributed by atoms with Crippen LogP contribution in [-0.4, -0.2) is 87.3 Å². The van der Waals surface area contributed by atoms with Gasteiger partial charge in [0.05, 0.1) is 5.60 Å². The summed E-state index contributed by atoms with van der Waals surface area (Å²) in [5, 5.41) is 0. The lowest BCUT2D eigenvalue weighted by Gasteiger charge is -2.36. The van der Waals surface area contributed by atoms with Gasteiger partial charge in [0.15, 0.2) is 0 Å². The highest BCUT2D eigenvalue weighted by atomic mass is 16.5. The summed E-state index contributed by atoms with van der Waals surface area (Å²) in [6.45, 7) is 9.98. The lowest BCUT2D eigenvalue weighted by molar-refractivity contribution is -0.0390. The Hall–Kier alpha value is -0.160. The molecule has 3 heterocycles. The van der Waals surface area contributed by atoms with E-state index in [0.29, 0.717) is 5.60 Å². The third kappa shape index (κ3) is 7.08. The Labute approximate surface area is 145 Å². The van der Waals surface area contributed by atoms with Crippen LogP contribution in [0.1, 0.15) is 52.4 Å². The largest absolute Gasteiger partial charge is 0.375 e. The fourth-order valence-electron chi connectivity index (χ4n) is 3.69. The van der Waals surface area contributed by atoms with Gasteiger partial charge in [0.1, 0.15) is 0 Å². The van der Waals surface area contributed by atoms with Crippen LogP contribution in [0.3, 0.4) is 0 Å². The van der Waals surface area contributed by atoms with Gasteiger partial charge < -0.3 is 19.4 Å². The molecule has 3 aliphatic heterocycles. The number of hydrogen-bond donors (Lipinski definition) is 0. The summed E-state index contributed by atoms with van der Waals surface area (Å²) in [4.78, 5) is 7.14. The zero-order valence-electron chi connectivity index (χ0n) is 16.6. The second-order valence-electron chi connectivity index (χ2n) is 7.44. The summed E-state index contributed by atoms with van der Waals surface area (Å²) in [7, 11) is 8.75. The number of ether oxygens (including phenoxy) is 1. The molecule has 1 spiro atoms. The minimum atomic E-state index is 0.312. The Bertz CT molecular complexity index is 285. The first kappa shape index (κ1) is 20.9.